The van der Waals surface area contributed by atoms with E-state index in [1.54, 1.807) is 30.3 Å². The highest BCUT2D eigenvalue weighted by Gasteiger charge is 2.12. The monoisotopic (exact) mass is 311 g/mol. The number of hydrogen-bond donors (Lipinski definition) is 2. The van der Waals surface area contributed by atoms with Gasteiger partial charge >= 0.3 is 6.03 Å². The number of carbonyl (C=O) groups is 2. The van der Waals surface area contributed by atoms with Gasteiger partial charge in [-0.15, -0.1) is 0 Å². The molecule has 0 aliphatic heterocycles. The van der Waals surface area contributed by atoms with Crippen molar-refractivity contribution in [3.05, 3.63) is 59.7 Å². The van der Waals surface area contributed by atoms with Gasteiger partial charge in [0.1, 0.15) is 0 Å². The van der Waals surface area contributed by atoms with Crippen LogP contribution >= 0.6 is 11.3 Å². The molecular weight excluding hydrogens is 298 g/mol. The molecule has 0 spiro atoms. The van der Waals surface area contributed by atoms with E-state index in [2.05, 4.69) is 15.6 Å². The van der Waals surface area contributed by atoms with Gasteiger partial charge in [0.15, 0.2) is 5.13 Å². The summed E-state index contributed by atoms with van der Waals surface area (Å²) in [6.07, 6.45) is 0. The Morgan fingerprint density at radius 1 is 1.09 bits per heavy atom. The molecule has 3 amide bonds. The number of benzene rings is 2. The minimum Gasteiger partial charge on any atom is -0.283 e. The van der Waals surface area contributed by atoms with Gasteiger partial charge in [0, 0.05) is 5.56 Å². The lowest BCUT2D eigenvalue weighted by Gasteiger charge is -2.03. The number of aryl methyl sites for hydroxylation is 1. The Balaban J connectivity index is 1.69. The van der Waals surface area contributed by atoms with E-state index in [4.69, 9.17) is 0 Å². The smallest absolute Gasteiger partial charge is 0.283 e. The summed E-state index contributed by atoms with van der Waals surface area (Å²) in [5, 5.41) is 5.32. The Bertz CT molecular complexity index is 843. The zero-order chi connectivity index (χ0) is 15.5. The molecule has 0 aliphatic carbocycles. The molecule has 0 fully saturated rings. The van der Waals surface area contributed by atoms with Crippen molar-refractivity contribution in [3.8, 4) is 0 Å². The molecule has 6 heteroatoms. The van der Waals surface area contributed by atoms with Crippen molar-refractivity contribution in [1.82, 2.24) is 10.3 Å². The third-order valence-electron chi connectivity index (χ3n) is 3.03. The predicted molar refractivity (Wildman–Crippen MR) is 87.3 cm³/mol. The van der Waals surface area contributed by atoms with Gasteiger partial charge < -0.3 is 0 Å². The van der Waals surface area contributed by atoms with Gasteiger partial charge in [-0.2, -0.15) is 0 Å². The molecule has 22 heavy (non-hydrogen) atoms. The highest BCUT2D eigenvalue weighted by Crippen LogP contribution is 2.26. The quantitative estimate of drug-likeness (QED) is 0.760. The van der Waals surface area contributed by atoms with Crippen LogP contribution in [0.1, 0.15) is 15.9 Å². The fraction of sp³-hybridized carbons (Fsp3) is 0.0625. The van der Waals surface area contributed by atoms with E-state index < -0.39 is 11.9 Å². The van der Waals surface area contributed by atoms with E-state index in [-0.39, 0.29) is 0 Å². The van der Waals surface area contributed by atoms with Crippen LogP contribution in [0.2, 0.25) is 0 Å². The summed E-state index contributed by atoms with van der Waals surface area (Å²) < 4.78 is 0.990. The molecule has 1 aromatic heterocycles. The van der Waals surface area contributed by atoms with E-state index in [9.17, 15) is 9.59 Å². The number of anilines is 1. The van der Waals surface area contributed by atoms with E-state index >= 15 is 0 Å². The molecule has 1 heterocycles. The Morgan fingerprint density at radius 2 is 1.86 bits per heavy atom. The molecule has 110 valence electrons. The van der Waals surface area contributed by atoms with Gasteiger partial charge in [-0.25, -0.2) is 9.78 Å². The Labute approximate surface area is 131 Å². The number of urea groups is 1. The lowest BCUT2D eigenvalue weighted by Crippen LogP contribution is -2.34. The predicted octanol–water partition coefficient (Wildman–Crippen LogP) is 3.57. The van der Waals surface area contributed by atoms with Gasteiger partial charge in [0.25, 0.3) is 5.91 Å². The van der Waals surface area contributed by atoms with Crippen molar-refractivity contribution in [3.63, 3.8) is 0 Å². The maximum absolute atomic E-state index is 11.9. The second kappa shape index (κ2) is 5.95. The van der Waals surface area contributed by atoms with Crippen LogP contribution in [-0.2, 0) is 0 Å². The number of amides is 3. The second-order valence-electron chi connectivity index (χ2n) is 4.76. The van der Waals surface area contributed by atoms with Crippen molar-refractivity contribution < 1.29 is 9.59 Å². The van der Waals surface area contributed by atoms with Crippen LogP contribution in [-0.4, -0.2) is 16.9 Å². The lowest BCUT2D eigenvalue weighted by atomic mass is 10.2. The fourth-order valence-electron chi connectivity index (χ4n) is 1.98. The van der Waals surface area contributed by atoms with Crippen LogP contribution in [0.3, 0.4) is 0 Å². The van der Waals surface area contributed by atoms with Crippen LogP contribution < -0.4 is 10.6 Å². The summed E-state index contributed by atoms with van der Waals surface area (Å²) in [5.41, 5.74) is 2.38. The van der Waals surface area contributed by atoms with E-state index in [0.717, 1.165) is 15.8 Å². The first kappa shape index (κ1) is 14.2. The van der Waals surface area contributed by atoms with Gasteiger partial charge in [-0.1, -0.05) is 35.6 Å². The lowest BCUT2D eigenvalue weighted by molar-refractivity contribution is 0.0967. The molecule has 3 rings (SSSR count). The second-order valence-corrected chi connectivity index (χ2v) is 5.80. The Hall–Kier alpha value is -2.73. The Morgan fingerprint density at radius 3 is 2.64 bits per heavy atom. The molecule has 2 aromatic carbocycles. The SMILES string of the molecule is Cc1ccc2nc(NC(=O)NC(=O)c3ccccc3)sc2c1. The number of hydrogen-bond acceptors (Lipinski definition) is 4. The molecule has 0 bridgehead atoms. The van der Waals surface area contributed by atoms with E-state index in [1.165, 1.54) is 11.3 Å². The summed E-state index contributed by atoms with van der Waals surface area (Å²) in [4.78, 5) is 28.0. The molecule has 0 aliphatic rings. The van der Waals surface area contributed by atoms with Crippen LogP contribution in [0, 0.1) is 6.92 Å². The summed E-state index contributed by atoms with van der Waals surface area (Å²) in [6, 6.07) is 13.8. The van der Waals surface area contributed by atoms with Gasteiger partial charge in [-0.3, -0.25) is 15.4 Å². The average Bonchev–Trinajstić information content (AvgIpc) is 2.89. The zero-order valence-electron chi connectivity index (χ0n) is 11.8. The number of aromatic nitrogens is 1. The summed E-state index contributed by atoms with van der Waals surface area (Å²) in [5.74, 6) is -0.449. The van der Waals surface area contributed by atoms with Crippen molar-refractivity contribution in [2.75, 3.05) is 5.32 Å². The van der Waals surface area contributed by atoms with E-state index in [1.807, 2.05) is 25.1 Å². The third kappa shape index (κ3) is 3.12. The number of thiazole rings is 1. The maximum atomic E-state index is 11.9. The highest BCUT2D eigenvalue weighted by atomic mass is 32.1. The van der Waals surface area contributed by atoms with Crippen molar-refractivity contribution in [2.45, 2.75) is 6.92 Å². The molecular formula is C16H13N3O2S. The molecule has 0 radical (unpaired) electrons. The van der Waals surface area contributed by atoms with Crippen molar-refractivity contribution in [1.29, 1.82) is 0 Å². The Kier molecular flexibility index (Phi) is 3.84. The summed E-state index contributed by atoms with van der Waals surface area (Å²) in [7, 11) is 0. The maximum Gasteiger partial charge on any atom is 0.327 e. The van der Waals surface area contributed by atoms with Gasteiger partial charge in [0.05, 0.1) is 10.2 Å². The fourth-order valence-corrected chi connectivity index (χ4v) is 2.94. The number of rotatable bonds is 2. The standard InChI is InChI=1S/C16H13N3O2S/c1-10-7-8-12-13(9-10)22-16(17-12)19-15(21)18-14(20)11-5-3-2-4-6-11/h2-9H,1H3,(H2,17,18,19,20,21). The summed E-state index contributed by atoms with van der Waals surface area (Å²) >= 11 is 1.37. The third-order valence-corrected chi connectivity index (χ3v) is 3.96. The number of imide groups is 1. The number of nitrogens with zero attached hydrogens (tertiary/aromatic N) is 1. The average molecular weight is 311 g/mol. The summed E-state index contributed by atoms with van der Waals surface area (Å²) in [6.45, 7) is 2.00. The number of nitrogens with one attached hydrogen (secondary N) is 2. The molecule has 0 atom stereocenters. The first-order chi connectivity index (χ1) is 10.6. The van der Waals surface area contributed by atoms with Crippen molar-refractivity contribution in [2.24, 2.45) is 0 Å². The highest BCUT2D eigenvalue weighted by molar-refractivity contribution is 7.22. The minimum absolute atomic E-state index is 0.428. The molecule has 0 saturated heterocycles. The minimum atomic E-state index is -0.593. The molecule has 0 unspecified atom stereocenters. The molecule has 3 aromatic rings. The van der Waals surface area contributed by atoms with E-state index in [0.29, 0.717) is 10.7 Å². The largest absolute Gasteiger partial charge is 0.327 e. The van der Waals surface area contributed by atoms with Gasteiger partial charge in [0.2, 0.25) is 0 Å². The number of carbonyl (C=O) groups excluding carboxylic acids is 2. The van der Waals surface area contributed by atoms with Gasteiger partial charge in [-0.05, 0) is 36.8 Å². The van der Waals surface area contributed by atoms with Crippen LogP contribution in [0.5, 0.6) is 0 Å². The molecule has 0 saturated carbocycles. The molecule has 2 N–H and O–H groups in total. The van der Waals surface area contributed by atoms with Crippen LogP contribution in [0.4, 0.5) is 9.93 Å². The number of fused-ring (bicyclic) bond motifs is 1. The first-order valence-electron chi connectivity index (χ1n) is 6.66. The van der Waals surface area contributed by atoms with Crippen LogP contribution in [0.25, 0.3) is 10.2 Å². The van der Waals surface area contributed by atoms with Crippen LogP contribution in [0.15, 0.2) is 48.5 Å². The first-order valence-corrected chi connectivity index (χ1v) is 7.48. The normalized spacial score (nSPS) is 10.4. The zero-order valence-corrected chi connectivity index (χ0v) is 12.6. The topological polar surface area (TPSA) is 71.1 Å². The van der Waals surface area contributed by atoms with Crippen molar-refractivity contribution >= 4 is 38.6 Å². The molecule has 5 nitrogen and oxygen atoms in total.